The summed E-state index contributed by atoms with van der Waals surface area (Å²) >= 11 is 0. The maximum absolute atomic E-state index is 5.53. The van der Waals surface area contributed by atoms with Crippen molar-refractivity contribution in [1.82, 2.24) is 15.0 Å². The number of nitrogens with one attached hydrogen (secondary N) is 1. The van der Waals surface area contributed by atoms with Crippen LogP contribution in [0.1, 0.15) is 25.1 Å². The van der Waals surface area contributed by atoms with Crippen molar-refractivity contribution in [3.8, 4) is 0 Å². The molecule has 6 heteroatoms. The lowest BCUT2D eigenvalue weighted by atomic mass is 10.4. The molecule has 0 atom stereocenters. The Morgan fingerprint density at radius 2 is 2.18 bits per heavy atom. The summed E-state index contributed by atoms with van der Waals surface area (Å²) in [6.45, 7) is 4.27. The van der Waals surface area contributed by atoms with Crippen LogP contribution in [0, 0.1) is 12.8 Å². The molecule has 1 aromatic heterocycles. The molecule has 0 radical (unpaired) electrons. The second kappa shape index (κ2) is 5.77. The van der Waals surface area contributed by atoms with Crippen molar-refractivity contribution in [3.05, 3.63) is 5.82 Å². The molecule has 94 valence electrons. The van der Waals surface area contributed by atoms with Gasteiger partial charge in [0.1, 0.15) is 5.82 Å². The Hall–Kier alpha value is -1.43. The van der Waals surface area contributed by atoms with Gasteiger partial charge in [0.15, 0.2) is 0 Å². The van der Waals surface area contributed by atoms with Crippen LogP contribution >= 0.6 is 0 Å². The van der Waals surface area contributed by atoms with Gasteiger partial charge in [0.25, 0.3) is 0 Å². The van der Waals surface area contributed by atoms with Gasteiger partial charge in [-0.2, -0.15) is 15.0 Å². The monoisotopic (exact) mass is 237 g/mol. The quantitative estimate of drug-likeness (QED) is 0.688. The Labute approximate surface area is 101 Å². The summed E-state index contributed by atoms with van der Waals surface area (Å²) in [5.74, 6) is 2.25. The molecule has 1 fully saturated rings. The maximum atomic E-state index is 5.53. The van der Waals surface area contributed by atoms with E-state index in [0.717, 1.165) is 32.1 Å². The first-order valence-corrected chi connectivity index (χ1v) is 6.04. The third-order valence-electron chi connectivity index (χ3n) is 2.56. The minimum Gasteiger partial charge on any atom is -0.381 e. The molecule has 1 saturated carbocycles. The van der Waals surface area contributed by atoms with Crippen LogP contribution in [0.3, 0.4) is 0 Å². The van der Waals surface area contributed by atoms with Gasteiger partial charge in [0.05, 0.1) is 0 Å². The summed E-state index contributed by atoms with van der Waals surface area (Å²) in [6, 6.07) is 0. The zero-order chi connectivity index (χ0) is 12.1. The van der Waals surface area contributed by atoms with Crippen molar-refractivity contribution in [2.24, 2.45) is 5.92 Å². The van der Waals surface area contributed by atoms with Gasteiger partial charge in [-0.05, 0) is 32.1 Å². The number of nitrogens with zero attached hydrogens (tertiary/aromatic N) is 3. The Morgan fingerprint density at radius 1 is 1.35 bits per heavy atom. The fourth-order valence-corrected chi connectivity index (χ4v) is 1.49. The third kappa shape index (κ3) is 4.52. The average molecular weight is 237 g/mol. The Morgan fingerprint density at radius 3 is 2.88 bits per heavy atom. The van der Waals surface area contributed by atoms with Crippen LogP contribution in [0.5, 0.6) is 0 Å². The summed E-state index contributed by atoms with van der Waals surface area (Å²) in [5, 5.41) is 3.11. The van der Waals surface area contributed by atoms with Crippen LogP contribution in [0.4, 0.5) is 11.9 Å². The molecule has 0 aromatic carbocycles. The van der Waals surface area contributed by atoms with Crippen molar-refractivity contribution >= 4 is 11.9 Å². The molecule has 3 N–H and O–H groups in total. The van der Waals surface area contributed by atoms with Gasteiger partial charge < -0.3 is 15.8 Å². The van der Waals surface area contributed by atoms with E-state index in [9.17, 15) is 0 Å². The fourth-order valence-electron chi connectivity index (χ4n) is 1.49. The summed E-state index contributed by atoms with van der Waals surface area (Å²) < 4.78 is 5.53. The van der Waals surface area contributed by atoms with E-state index in [1.54, 1.807) is 6.92 Å². The maximum Gasteiger partial charge on any atom is 0.227 e. The summed E-state index contributed by atoms with van der Waals surface area (Å²) in [6.07, 6.45) is 3.61. The molecule has 6 nitrogen and oxygen atoms in total. The largest absolute Gasteiger partial charge is 0.381 e. The van der Waals surface area contributed by atoms with Crippen LogP contribution in [0.15, 0.2) is 0 Å². The Bertz CT molecular complexity index is 347. The second-order valence-electron chi connectivity index (χ2n) is 4.36. The number of aryl methyl sites for hydroxylation is 1. The Balaban J connectivity index is 1.59. The number of hydrogen-bond acceptors (Lipinski definition) is 6. The number of hydrogen-bond donors (Lipinski definition) is 2. The van der Waals surface area contributed by atoms with Crippen molar-refractivity contribution in [3.63, 3.8) is 0 Å². The molecule has 0 bridgehead atoms. The molecule has 0 aliphatic heterocycles. The van der Waals surface area contributed by atoms with Gasteiger partial charge in [0, 0.05) is 19.8 Å². The molecule has 2 rings (SSSR count). The van der Waals surface area contributed by atoms with Crippen LogP contribution < -0.4 is 11.1 Å². The SMILES string of the molecule is Cc1nc(N)nc(NCCCOCC2CC2)n1. The normalized spacial score (nSPS) is 14.9. The summed E-state index contributed by atoms with van der Waals surface area (Å²) in [7, 11) is 0. The molecule has 1 heterocycles. The second-order valence-corrected chi connectivity index (χ2v) is 4.36. The van der Waals surface area contributed by atoms with Gasteiger partial charge in [-0.15, -0.1) is 0 Å². The minimum absolute atomic E-state index is 0.255. The average Bonchev–Trinajstić information content (AvgIpc) is 3.05. The number of rotatable bonds is 7. The molecule has 17 heavy (non-hydrogen) atoms. The van der Waals surface area contributed by atoms with E-state index in [1.807, 2.05) is 0 Å². The number of nitrogens with two attached hydrogens (primary N) is 1. The van der Waals surface area contributed by atoms with Gasteiger partial charge >= 0.3 is 0 Å². The smallest absolute Gasteiger partial charge is 0.227 e. The molecule has 0 unspecified atom stereocenters. The molecule has 1 aliphatic rings. The summed E-state index contributed by atoms with van der Waals surface area (Å²) in [4.78, 5) is 12.0. The van der Waals surface area contributed by atoms with E-state index < -0.39 is 0 Å². The van der Waals surface area contributed by atoms with E-state index in [0.29, 0.717) is 11.8 Å². The van der Waals surface area contributed by atoms with Crippen LogP contribution in [-0.4, -0.2) is 34.7 Å². The number of anilines is 2. The molecule has 0 saturated heterocycles. The fraction of sp³-hybridized carbons (Fsp3) is 0.727. The lowest BCUT2D eigenvalue weighted by Gasteiger charge is -2.06. The highest BCUT2D eigenvalue weighted by atomic mass is 16.5. The summed E-state index contributed by atoms with van der Waals surface area (Å²) in [5.41, 5.74) is 5.52. The van der Waals surface area contributed by atoms with Crippen LogP contribution in [0.2, 0.25) is 0 Å². The first-order valence-electron chi connectivity index (χ1n) is 6.04. The lowest BCUT2D eigenvalue weighted by Crippen LogP contribution is -2.11. The first kappa shape index (κ1) is 12.0. The lowest BCUT2D eigenvalue weighted by molar-refractivity contribution is 0.124. The highest BCUT2D eigenvalue weighted by molar-refractivity contribution is 5.30. The zero-order valence-electron chi connectivity index (χ0n) is 10.1. The molecular weight excluding hydrogens is 218 g/mol. The van der Waals surface area contributed by atoms with E-state index in [4.69, 9.17) is 10.5 Å². The van der Waals surface area contributed by atoms with E-state index in [-0.39, 0.29) is 5.95 Å². The van der Waals surface area contributed by atoms with Gasteiger partial charge in [-0.25, -0.2) is 0 Å². The van der Waals surface area contributed by atoms with E-state index in [2.05, 4.69) is 20.3 Å². The predicted molar refractivity (Wildman–Crippen MR) is 65.6 cm³/mol. The first-order chi connectivity index (χ1) is 8.24. The third-order valence-corrected chi connectivity index (χ3v) is 2.56. The van der Waals surface area contributed by atoms with E-state index in [1.165, 1.54) is 12.8 Å². The minimum atomic E-state index is 0.255. The highest BCUT2D eigenvalue weighted by Crippen LogP contribution is 2.28. The molecule has 0 spiro atoms. The van der Waals surface area contributed by atoms with E-state index >= 15 is 0 Å². The number of aromatic nitrogens is 3. The number of nitrogen functional groups attached to an aromatic ring is 1. The Kier molecular flexibility index (Phi) is 4.08. The van der Waals surface area contributed by atoms with Crippen molar-refractivity contribution in [2.45, 2.75) is 26.2 Å². The molecule has 1 aliphatic carbocycles. The van der Waals surface area contributed by atoms with Gasteiger partial charge in [-0.1, -0.05) is 0 Å². The highest BCUT2D eigenvalue weighted by Gasteiger charge is 2.20. The zero-order valence-corrected chi connectivity index (χ0v) is 10.1. The standard InChI is InChI=1S/C11H19N5O/c1-8-14-10(12)16-11(15-8)13-5-2-6-17-7-9-3-4-9/h9H,2-7H2,1H3,(H3,12,13,14,15,16). The van der Waals surface area contributed by atoms with Crippen molar-refractivity contribution in [1.29, 1.82) is 0 Å². The van der Waals surface area contributed by atoms with Crippen molar-refractivity contribution < 1.29 is 4.74 Å². The van der Waals surface area contributed by atoms with Gasteiger partial charge in [-0.3, -0.25) is 0 Å². The van der Waals surface area contributed by atoms with Gasteiger partial charge in [0.2, 0.25) is 11.9 Å². The van der Waals surface area contributed by atoms with Crippen molar-refractivity contribution in [2.75, 3.05) is 30.8 Å². The predicted octanol–water partition coefficient (Wildman–Crippen LogP) is 0.991. The molecular formula is C11H19N5O. The van der Waals surface area contributed by atoms with Crippen LogP contribution in [-0.2, 0) is 4.74 Å². The topological polar surface area (TPSA) is 86.0 Å². The molecule has 0 amide bonds. The molecule has 1 aromatic rings. The van der Waals surface area contributed by atoms with Crippen LogP contribution in [0.25, 0.3) is 0 Å². The number of ether oxygens (including phenoxy) is 1.